The van der Waals surface area contributed by atoms with E-state index in [-0.39, 0.29) is 25.1 Å². The highest BCUT2D eigenvalue weighted by Crippen LogP contribution is 2.29. The van der Waals surface area contributed by atoms with E-state index in [0.717, 1.165) is 11.1 Å². The summed E-state index contributed by atoms with van der Waals surface area (Å²) < 4.78 is 24.9. The van der Waals surface area contributed by atoms with Crippen molar-refractivity contribution in [1.29, 1.82) is 0 Å². The number of halogens is 1. The lowest BCUT2D eigenvalue weighted by atomic mass is 9.81. The molecule has 9 nitrogen and oxygen atoms in total. The first-order valence-electron chi connectivity index (χ1n) is 15.0. The number of rotatable bonds is 15. The van der Waals surface area contributed by atoms with Gasteiger partial charge in [-0.25, -0.2) is 9.37 Å². The Hall–Kier alpha value is -4.57. The Labute approximate surface area is 263 Å². The van der Waals surface area contributed by atoms with Crippen LogP contribution in [0.2, 0.25) is 0 Å². The number of fused-ring (bicyclic) bond motifs is 1. The minimum absolute atomic E-state index is 0.00482. The predicted molar refractivity (Wildman–Crippen MR) is 171 cm³/mol. The Morgan fingerprint density at radius 2 is 1.60 bits per heavy atom. The van der Waals surface area contributed by atoms with Crippen LogP contribution in [0.25, 0.3) is 11.0 Å². The molecule has 3 aromatic carbocycles. The third kappa shape index (κ3) is 8.76. The van der Waals surface area contributed by atoms with Gasteiger partial charge in [0.2, 0.25) is 5.91 Å². The van der Waals surface area contributed by atoms with Crippen LogP contribution in [-0.2, 0) is 17.8 Å². The van der Waals surface area contributed by atoms with Gasteiger partial charge in [-0.1, -0.05) is 61.4 Å². The zero-order chi connectivity index (χ0) is 32.5. The van der Waals surface area contributed by atoms with Crippen LogP contribution in [0, 0.1) is 0 Å². The van der Waals surface area contributed by atoms with Gasteiger partial charge in [0.15, 0.2) is 11.5 Å². The van der Waals surface area contributed by atoms with Gasteiger partial charge in [0.25, 0.3) is 5.91 Å². The number of nitrogens with one attached hydrogen (secondary N) is 2. The molecule has 4 rings (SSSR count). The standard InChI is InChI=1S/C35H41FN4O5/c1-34(2,36)19-11-10-16-31(41)35(21-24-12-6-5-7-13-24,33(43)38-22-25-17-18-29(44-3)30(20-25)45-4)40-32(42)28-23-37-26-14-8-9-15-27(26)39-28/h5-9,12-15,17-18,20,23,31,41H,10-11,16,19,21-22H2,1-4H3,(H,38,43)(H,40,42)/t31-,35-/m0/s1. The van der Waals surface area contributed by atoms with Gasteiger partial charge in [-0.15, -0.1) is 0 Å². The Balaban J connectivity index is 1.69. The second-order valence-electron chi connectivity index (χ2n) is 11.7. The molecule has 2 amide bonds. The van der Waals surface area contributed by atoms with Crippen LogP contribution < -0.4 is 20.1 Å². The number of hydrogen-bond acceptors (Lipinski definition) is 7. The number of methoxy groups -OCH3 is 2. The number of benzene rings is 3. The number of aliphatic hydroxyl groups is 1. The van der Waals surface area contributed by atoms with Gasteiger partial charge in [-0.3, -0.25) is 14.6 Å². The molecule has 2 atom stereocenters. The van der Waals surface area contributed by atoms with E-state index in [1.54, 1.807) is 36.4 Å². The van der Waals surface area contributed by atoms with E-state index >= 15 is 0 Å². The molecule has 0 spiro atoms. The molecule has 10 heteroatoms. The van der Waals surface area contributed by atoms with Crippen LogP contribution in [0.5, 0.6) is 11.5 Å². The summed E-state index contributed by atoms with van der Waals surface area (Å²) in [6.07, 6.45) is 1.42. The number of alkyl halides is 1. The van der Waals surface area contributed by atoms with E-state index in [4.69, 9.17) is 9.47 Å². The number of unbranched alkanes of at least 4 members (excludes halogenated alkanes) is 1. The maximum absolute atomic E-state index is 14.3. The molecule has 3 N–H and O–H groups in total. The number of carbonyl (C=O) groups excluding carboxylic acids is 2. The zero-order valence-electron chi connectivity index (χ0n) is 26.2. The Morgan fingerprint density at radius 1 is 0.911 bits per heavy atom. The average Bonchev–Trinajstić information content (AvgIpc) is 3.04. The highest BCUT2D eigenvalue weighted by molar-refractivity contribution is 5.99. The summed E-state index contributed by atoms with van der Waals surface area (Å²) in [5.74, 6) is -0.198. The molecule has 0 saturated heterocycles. The fourth-order valence-corrected chi connectivity index (χ4v) is 5.24. The van der Waals surface area contributed by atoms with Gasteiger partial charge >= 0.3 is 0 Å². The Kier molecular flexibility index (Phi) is 11.1. The second-order valence-corrected chi connectivity index (χ2v) is 11.7. The molecule has 0 bridgehead atoms. The first-order valence-corrected chi connectivity index (χ1v) is 15.0. The third-order valence-electron chi connectivity index (χ3n) is 7.72. The molecule has 4 aromatic rings. The van der Waals surface area contributed by atoms with Gasteiger partial charge in [-0.2, -0.15) is 0 Å². The number of hydrogen-bond donors (Lipinski definition) is 3. The number of carbonyl (C=O) groups is 2. The van der Waals surface area contributed by atoms with Gasteiger partial charge in [0.05, 0.1) is 37.6 Å². The third-order valence-corrected chi connectivity index (χ3v) is 7.72. The molecule has 0 aliphatic heterocycles. The van der Waals surface area contributed by atoms with Crippen LogP contribution in [0.15, 0.2) is 79.0 Å². The maximum Gasteiger partial charge on any atom is 0.272 e. The highest BCUT2D eigenvalue weighted by Gasteiger charge is 2.46. The van der Waals surface area contributed by atoms with E-state index < -0.39 is 29.1 Å². The lowest BCUT2D eigenvalue weighted by molar-refractivity contribution is -0.132. The number of aliphatic hydroxyl groups excluding tert-OH is 1. The van der Waals surface area contributed by atoms with Crippen LogP contribution in [0.1, 0.15) is 61.1 Å². The molecular formula is C35H41FN4O5. The molecule has 0 fully saturated rings. The minimum Gasteiger partial charge on any atom is -0.493 e. The largest absolute Gasteiger partial charge is 0.493 e. The van der Waals surface area contributed by atoms with Gasteiger partial charge in [0.1, 0.15) is 16.9 Å². The van der Waals surface area contributed by atoms with Crippen LogP contribution in [-0.4, -0.2) is 58.4 Å². The highest BCUT2D eigenvalue weighted by atomic mass is 19.1. The summed E-state index contributed by atoms with van der Waals surface area (Å²) in [5.41, 5.74) is -0.558. The van der Waals surface area contributed by atoms with Gasteiger partial charge in [-0.05, 0) is 62.1 Å². The van der Waals surface area contributed by atoms with Crippen LogP contribution in [0.3, 0.4) is 0 Å². The van der Waals surface area contributed by atoms with Crippen molar-refractivity contribution in [3.8, 4) is 11.5 Å². The Morgan fingerprint density at radius 3 is 2.29 bits per heavy atom. The minimum atomic E-state index is -1.80. The zero-order valence-corrected chi connectivity index (χ0v) is 26.2. The first-order chi connectivity index (χ1) is 21.5. The molecule has 0 aliphatic rings. The molecule has 0 saturated carbocycles. The molecule has 45 heavy (non-hydrogen) atoms. The van der Waals surface area contributed by atoms with Crippen molar-refractivity contribution in [3.05, 3.63) is 95.8 Å². The number of para-hydroxylation sites is 2. The summed E-state index contributed by atoms with van der Waals surface area (Å²) in [7, 11) is 3.06. The molecule has 0 unspecified atom stereocenters. The SMILES string of the molecule is COc1ccc(CNC(=O)[C@@](Cc2ccccc2)(NC(=O)c2cnc3ccccc3n2)[C@@H](O)CCCCC(C)(C)F)cc1OC. The molecule has 238 valence electrons. The molecular weight excluding hydrogens is 575 g/mol. The smallest absolute Gasteiger partial charge is 0.272 e. The number of amides is 2. The number of aromatic nitrogens is 2. The van der Waals surface area contributed by atoms with E-state index in [2.05, 4.69) is 20.6 Å². The first kappa shape index (κ1) is 33.3. The normalized spacial score (nSPS) is 13.5. The van der Waals surface area contributed by atoms with Gasteiger partial charge in [0, 0.05) is 13.0 Å². The quantitative estimate of drug-likeness (QED) is 0.154. The number of nitrogens with zero attached hydrogens (tertiary/aromatic N) is 2. The molecule has 1 heterocycles. The van der Waals surface area contributed by atoms with Gasteiger partial charge < -0.3 is 25.2 Å². The number of ether oxygens (including phenoxy) is 2. The van der Waals surface area contributed by atoms with E-state index in [9.17, 15) is 19.1 Å². The van der Waals surface area contributed by atoms with Crippen LogP contribution in [0.4, 0.5) is 4.39 Å². The lowest BCUT2D eigenvalue weighted by Crippen LogP contribution is -2.66. The molecule has 0 aliphatic carbocycles. The van der Waals surface area contributed by atoms with E-state index in [1.165, 1.54) is 34.3 Å². The molecule has 1 aromatic heterocycles. The summed E-state index contributed by atoms with van der Waals surface area (Å²) >= 11 is 0. The van der Waals surface area contributed by atoms with Crippen molar-refractivity contribution in [2.24, 2.45) is 0 Å². The monoisotopic (exact) mass is 616 g/mol. The van der Waals surface area contributed by atoms with E-state index in [1.807, 2.05) is 36.4 Å². The van der Waals surface area contributed by atoms with Crippen molar-refractivity contribution in [2.45, 2.75) is 69.8 Å². The summed E-state index contributed by atoms with van der Waals surface area (Å²) in [6.45, 7) is 3.11. The van der Waals surface area contributed by atoms with Crippen LogP contribution >= 0.6 is 0 Å². The summed E-state index contributed by atoms with van der Waals surface area (Å²) in [5, 5.41) is 17.6. The van der Waals surface area contributed by atoms with Crippen molar-refractivity contribution in [2.75, 3.05) is 14.2 Å². The van der Waals surface area contributed by atoms with Crippen molar-refractivity contribution in [3.63, 3.8) is 0 Å². The Bertz CT molecular complexity index is 1590. The fraction of sp³-hybridized carbons (Fsp3) is 0.371. The summed E-state index contributed by atoms with van der Waals surface area (Å²) in [6, 6.07) is 21.6. The van der Waals surface area contributed by atoms with E-state index in [0.29, 0.717) is 41.8 Å². The average molecular weight is 617 g/mol. The predicted octanol–water partition coefficient (Wildman–Crippen LogP) is 5.34. The topological polar surface area (TPSA) is 123 Å². The molecule has 0 radical (unpaired) electrons. The fourth-order valence-electron chi connectivity index (χ4n) is 5.24. The van der Waals surface area contributed by atoms with Crippen molar-refractivity contribution in [1.82, 2.24) is 20.6 Å². The second kappa shape index (κ2) is 14.9. The maximum atomic E-state index is 14.3. The summed E-state index contributed by atoms with van der Waals surface area (Å²) in [4.78, 5) is 36.9. The van der Waals surface area contributed by atoms with Crippen molar-refractivity contribution < 1.29 is 28.6 Å². The van der Waals surface area contributed by atoms with Crippen molar-refractivity contribution >= 4 is 22.8 Å². The lowest BCUT2D eigenvalue weighted by Gasteiger charge is -2.38.